The third-order valence-corrected chi connectivity index (χ3v) is 4.14. The number of hydrogen-bond donors (Lipinski definition) is 1. The first-order chi connectivity index (χ1) is 13.3. The highest BCUT2D eigenvalue weighted by Crippen LogP contribution is 2.36. The molecule has 1 aliphatic heterocycles. The second-order valence-electron chi connectivity index (χ2n) is 5.82. The van der Waals surface area contributed by atoms with Crippen molar-refractivity contribution < 1.29 is 23.4 Å². The quantitative estimate of drug-likeness (QED) is 0.709. The summed E-state index contributed by atoms with van der Waals surface area (Å²) in [5.41, 5.74) is 0.905. The first kappa shape index (κ1) is 17.0. The molecule has 8 nitrogen and oxygen atoms in total. The maximum Gasteiger partial charge on any atom is 0.315 e. The Hall–Kier alpha value is -3.42. The van der Waals surface area contributed by atoms with Crippen LogP contribution in [0.25, 0.3) is 0 Å². The Morgan fingerprint density at radius 3 is 2.70 bits per heavy atom. The van der Waals surface area contributed by atoms with E-state index in [0.29, 0.717) is 42.0 Å². The van der Waals surface area contributed by atoms with E-state index in [1.54, 1.807) is 14.2 Å². The zero-order valence-electron chi connectivity index (χ0n) is 15.0. The van der Waals surface area contributed by atoms with Crippen molar-refractivity contribution >= 4 is 6.01 Å². The summed E-state index contributed by atoms with van der Waals surface area (Å²) in [5.74, 6) is 3.03. The monoisotopic (exact) mass is 369 g/mol. The summed E-state index contributed by atoms with van der Waals surface area (Å²) in [5, 5.41) is 11.2. The predicted molar refractivity (Wildman–Crippen MR) is 96.5 cm³/mol. The van der Waals surface area contributed by atoms with Crippen molar-refractivity contribution in [2.45, 2.75) is 12.6 Å². The fourth-order valence-electron chi connectivity index (χ4n) is 2.84. The van der Waals surface area contributed by atoms with Crippen LogP contribution in [0.2, 0.25) is 0 Å². The smallest absolute Gasteiger partial charge is 0.315 e. The van der Waals surface area contributed by atoms with Gasteiger partial charge in [-0.1, -0.05) is 29.4 Å². The molecule has 0 aliphatic carbocycles. The minimum atomic E-state index is -0.450. The van der Waals surface area contributed by atoms with Gasteiger partial charge in [0.05, 0.1) is 14.2 Å². The lowest BCUT2D eigenvalue weighted by Crippen LogP contribution is -2.21. The van der Waals surface area contributed by atoms with E-state index in [4.69, 9.17) is 23.4 Å². The molecule has 1 N–H and O–H groups in total. The second kappa shape index (κ2) is 7.45. The molecule has 0 fully saturated rings. The number of nitrogens with one attached hydrogen (secondary N) is 1. The molecule has 3 aromatic rings. The molecule has 1 aliphatic rings. The first-order valence-electron chi connectivity index (χ1n) is 8.44. The third kappa shape index (κ3) is 3.46. The molecule has 0 saturated carbocycles. The van der Waals surface area contributed by atoms with E-state index in [1.165, 1.54) is 0 Å². The lowest BCUT2D eigenvalue weighted by atomic mass is 10.2. The Morgan fingerprint density at radius 2 is 1.89 bits per heavy atom. The summed E-state index contributed by atoms with van der Waals surface area (Å²) < 4.78 is 28.0. The van der Waals surface area contributed by atoms with Gasteiger partial charge in [-0.2, -0.15) is 0 Å². The first-order valence-corrected chi connectivity index (χ1v) is 8.44. The highest BCUT2D eigenvalue weighted by atomic mass is 16.6. The number of aromatic nitrogens is 2. The number of ether oxygens (including phenoxy) is 4. The Labute approximate surface area is 156 Å². The molecule has 140 valence electrons. The number of methoxy groups -OCH3 is 2. The highest BCUT2D eigenvalue weighted by molar-refractivity contribution is 5.47. The molecule has 0 radical (unpaired) electrons. The SMILES string of the molecule is COc1cccc(CNc2nnc([C@@H]3COc4ccccc4O3)o2)c1OC. The van der Waals surface area contributed by atoms with E-state index in [9.17, 15) is 0 Å². The average molecular weight is 369 g/mol. The number of hydrogen-bond acceptors (Lipinski definition) is 8. The van der Waals surface area contributed by atoms with Crippen molar-refractivity contribution in [2.75, 3.05) is 26.1 Å². The van der Waals surface area contributed by atoms with E-state index >= 15 is 0 Å². The van der Waals surface area contributed by atoms with Gasteiger partial charge in [-0.3, -0.25) is 0 Å². The Bertz CT molecular complexity index is 927. The summed E-state index contributed by atoms with van der Waals surface area (Å²) in [6.07, 6.45) is -0.450. The molecular formula is C19H19N3O5. The minimum Gasteiger partial charge on any atom is -0.493 e. The van der Waals surface area contributed by atoms with Crippen molar-refractivity contribution in [1.29, 1.82) is 0 Å². The molecule has 2 aromatic carbocycles. The summed E-state index contributed by atoms with van der Waals surface area (Å²) in [6.45, 7) is 0.745. The molecule has 1 aromatic heterocycles. The van der Waals surface area contributed by atoms with E-state index in [1.807, 2.05) is 42.5 Å². The van der Waals surface area contributed by atoms with Crippen LogP contribution in [0.5, 0.6) is 23.0 Å². The largest absolute Gasteiger partial charge is 0.493 e. The van der Waals surface area contributed by atoms with Crippen LogP contribution in [0.3, 0.4) is 0 Å². The average Bonchev–Trinajstić information content (AvgIpc) is 3.20. The number of para-hydroxylation sites is 3. The summed E-state index contributed by atoms with van der Waals surface area (Å²) in [4.78, 5) is 0. The van der Waals surface area contributed by atoms with Crippen LogP contribution >= 0.6 is 0 Å². The van der Waals surface area contributed by atoms with Gasteiger partial charge in [-0.25, -0.2) is 0 Å². The van der Waals surface area contributed by atoms with Crippen molar-refractivity contribution in [3.63, 3.8) is 0 Å². The normalized spacial score (nSPS) is 15.3. The van der Waals surface area contributed by atoms with Crippen molar-refractivity contribution in [1.82, 2.24) is 10.2 Å². The van der Waals surface area contributed by atoms with Gasteiger partial charge >= 0.3 is 6.01 Å². The highest BCUT2D eigenvalue weighted by Gasteiger charge is 2.27. The number of benzene rings is 2. The van der Waals surface area contributed by atoms with Crippen molar-refractivity contribution in [2.24, 2.45) is 0 Å². The second-order valence-corrected chi connectivity index (χ2v) is 5.82. The van der Waals surface area contributed by atoms with Crippen molar-refractivity contribution in [3.05, 3.63) is 53.9 Å². The van der Waals surface area contributed by atoms with Gasteiger partial charge in [-0.15, -0.1) is 5.10 Å². The third-order valence-electron chi connectivity index (χ3n) is 4.14. The molecule has 2 heterocycles. The Balaban J connectivity index is 1.44. The van der Waals surface area contributed by atoms with E-state index in [0.717, 1.165) is 5.56 Å². The fourth-order valence-corrected chi connectivity index (χ4v) is 2.84. The van der Waals surface area contributed by atoms with Gasteiger partial charge in [-0.05, 0) is 18.2 Å². The van der Waals surface area contributed by atoms with Crippen LogP contribution in [0.15, 0.2) is 46.9 Å². The molecule has 0 spiro atoms. The zero-order valence-corrected chi connectivity index (χ0v) is 15.0. The van der Waals surface area contributed by atoms with E-state index < -0.39 is 6.10 Å². The number of anilines is 1. The van der Waals surface area contributed by atoms with Crippen LogP contribution in [-0.4, -0.2) is 31.0 Å². The molecule has 0 unspecified atom stereocenters. The lowest BCUT2D eigenvalue weighted by molar-refractivity contribution is 0.0717. The van der Waals surface area contributed by atoms with Gasteiger partial charge in [0, 0.05) is 12.1 Å². The van der Waals surface area contributed by atoms with Gasteiger partial charge in [0.25, 0.3) is 5.89 Å². The van der Waals surface area contributed by atoms with E-state index in [2.05, 4.69) is 15.5 Å². The van der Waals surface area contributed by atoms with Gasteiger partial charge in [0.15, 0.2) is 23.0 Å². The van der Waals surface area contributed by atoms with Crippen LogP contribution in [0, 0.1) is 0 Å². The molecule has 8 heteroatoms. The molecule has 0 saturated heterocycles. The Morgan fingerprint density at radius 1 is 1.04 bits per heavy atom. The molecule has 4 rings (SSSR count). The van der Waals surface area contributed by atoms with Crippen LogP contribution in [0.1, 0.15) is 17.6 Å². The van der Waals surface area contributed by atoms with E-state index in [-0.39, 0.29) is 6.01 Å². The fraction of sp³-hybridized carbons (Fsp3) is 0.263. The summed E-state index contributed by atoms with van der Waals surface area (Å²) >= 11 is 0. The standard InChI is InChI=1S/C19H19N3O5/c1-23-15-9-5-6-12(17(15)24-2)10-20-19-22-21-18(27-19)16-11-25-13-7-3-4-8-14(13)26-16/h3-9,16H,10-11H2,1-2H3,(H,20,22)/t16-/m0/s1. The topological polar surface area (TPSA) is 87.9 Å². The number of rotatable bonds is 6. The van der Waals surface area contributed by atoms with Crippen LogP contribution in [0.4, 0.5) is 6.01 Å². The lowest BCUT2D eigenvalue weighted by Gasteiger charge is -2.23. The van der Waals surface area contributed by atoms with Crippen LogP contribution in [-0.2, 0) is 6.54 Å². The maximum atomic E-state index is 5.88. The van der Waals surface area contributed by atoms with Gasteiger partial charge in [0.2, 0.25) is 6.10 Å². The minimum absolute atomic E-state index is 0.289. The zero-order chi connectivity index (χ0) is 18.6. The molecule has 1 atom stereocenters. The van der Waals surface area contributed by atoms with Crippen LogP contribution < -0.4 is 24.3 Å². The Kier molecular flexibility index (Phi) is 4.69. The van der Waals surface area contributed by atoms with Gasteiger partial charge in [0.1, 0.15) is 6.61 Å². The molecular weight excluding hydrogens is 350 g/mol. The molecule has 0 bridgehead atoms. The molecule has 27 heavy (non-hydrogen) atoms. The number of fused-ring (bicyclic) bond motifs is 1. The van der Waals surface area contributed by atoms with Gasteiger partial charge < -0.3 is 28.7 Å². The van der Waals surface area contributed by atoms with Crippen molar-refractivity contribution in [3.8, 4) is 23.0 Å². The molecule has 0 amide bonds. The summed E-state index contributed by atoms with van der Waals surface area (Å²) in [6, 6.07) is 13.4. The summed E-state index contributed by atoms with van der Waals surface area (Å²) in [7, 11) is 3.20. The number of nitrogens with zero attached hydrogens (tertiary/aromatic N) is 2. The maximum absolute atomic E-state index is 5.88. The predicted octanol–water partition coefficient (Wildman–Crippen LogP) is 3.21.